The molecule has 0 saturated carbocycles. The lowest BCUT2D eigenvalue weighted by Gasteiger charge is -2.09. The van der Waals surface area contributed by atoms with Crippen LogP contribution in [0.4, 0.5) is 0 Å². The maximum absolute atomic E-state index is 3.34. The average Bonchev–Trinajstić information content (AvgIpc) is 2.46. The zero-order valence-electron chi connectivity index (χ0n) is 10.8. The maximum Gasteiger partial charge on any atom is 0.0144 e. The zero-order chi connectivity index (χ0) is 12.6. The summed E-state index contributed by atoms with van der Waals surface area (Å²) in [4.78, 5) is 0. The molecule has 0 heterocycles. The standard InChI is InChI=1S/C17H19N/c1-2-18-14-13-17(15-9-5-3-6-10-15)16-11-7-4-8-12-16/h3-13,18H,2,14H2,1H3. The minimum Gasteiger partial charge on any atom is -0.314 e. The van der Waals surface area contributed by atoms with Gasteiger partial charge in [-0.2, -0.15) is 0 Å². The van der Waals surface area contributed by atoms with Gasteiger partial charge in [0, 0.05) is 6.54 Å². The van der Waals surface area contributed by atoms with Crippen molar-refractivity contribution in [3.63, 3.8) is 0 Å². The van der Waals surface area contributed by atoms with Crippen molar-refractivity contribution in [3.05, 3.63) is 77.9 Å². The molecule has 0 spiro atoms. The summed E-state index contributed by atoms with van der Waals surface area (Å²) >= 11 is 0. The molecule has 1 N–H and O–H groups in total. The molecule has 2 aromatic rings. The van der Waals surface area contributed by atoms with E-state index in [0.29, 0.717) is 0 Å². The Morgan fingerprint density at radius 2 is 1.39 bits per heavy atom. The largest absolute Gasteiger partial charge is 0.314 e. The van der Waals surface area contributed by atoms with Gasteiger partial charge in [0.15, 0.2) is 0 Å². The summed E-state index contributed by atoms with van der Waals surface area (Å²) in [6.07, 6.45) is 2.26. The number of hydrogen-bond donors (Lipinski definition) is 1. The molecule has 0 atom stereocenters. The van der Waals surface area contributed by atoms with Crippen molar-refractivity contribution in [2.24, 2.45) is 0 Å². The van der Waals surface area contributed by atoms with Gasteiger partial charge in [-0.3, -0.25) is 0 Å². The first-order valence-electron chi connectivity index (χ1n) is 6.43. The molecular formula is C17H19N. The minimum atomic E-state index is 0.898. The van der Waals surface area contributed by atoms with E-state index in [-0.39, 0.29) is 0 Å². The minimum absolute atomic E-state index is 0.898. The average molecular weight is 237 g/mol. The second-order valence-electron chi connectivity index (χ2n) is 4.16. The van der Waals surface area contributed by atoms with Gasteiger partial charge in [0.1, 0.15) is 0 Å². The summed E-state index contributed by atoms with van der Waals surface area (Å²) in [5, 5.41) is 3.34. The van der Waals surface area contributed by atoms with Crippen molar-refractivity contribution >= 4 is 5.57 Å². The molecule has 0 bridgehead atoms. The summed E-state index contributed by atoms with van der Waals surface area (Å²) in [7, 11) is 0. The van der Waals surface area contributed by atoms with Crippen LogP contribution in [0, 0.1) is 0 Å². The molecule has 0 radical (unpaired) electrons. The van der Waals surface area contributed by atoms with E-state index in [1.54, 1.807) is 0 Å². The lowest BCUT2D eigenvalue weighted by molar-refractivity contribution is 0.800. The van der Waals surface area contributed by atoms with Crippen molar-refractivity contribution in [1.82, 2.24) is 5.32 Å². The van der Waals surface area contributed by atoms with Crippen LogP contribution < -0.4 is 5.32 Å². The van der Waals surface area contributed by atoms with Crippen LogP contribution in [0.1, 0.15) is 18.1 Å². The van der Waals surface area contributed by atoms with Crippen LogP contribution in [0.25, 0.3) is 5.57 Å². The molecule has 0 aliphatic carbocycles. The summed E-state index contributed by atoms with van der Waals surface area (Å²) in [5.74, 6) is 0. The topological polar surface area (TPSA) is 12.0 Å². The van der Waals surface area contributed by atoms with E-state index < -0.39 is 0 Å². The van der Waals surface area contributed by atoms with E-state index in [4.69, 9.17) is 0 Å². The quantitative estimate of drug-likeness (QED) is 0.781. The Morgan fingerprint density at radius 3 is 1.83 bits per heavy atom. The van der Waals surface area contributed by atoms with Gasteiger partial charge >= 0.3 is 0 Å². The monoisotopic (exact) mass is 237 g/mol. The normalized spacial score (nSPS) is 10.1. The number of likely N-dealkylation sites (N-methyl/N-ethyl adjacent to an activating group) is 1. The molecule has 18 heavy (non-hydrogen) atoms. The van der Waals surface area contributed by atoms with E-state index in [9.17, 15) is 0 Å². The van der Waals surface area contributed by atoms with E-state index in [2.05, 4.69) is 79.0 Å². The molecule has 2 aromatic carbocycles. The van der Waals surface area contributed by atoms with Gasteiger partial charge in [-0.25, -0.2) is 0 Å². The summed E-state index contributed by atoms with van der Waals surface area (Å²) in [6.45, 7) is 4.02. The molecule has 0 aromatic heterocycles. The zero-order valence-corrected chi connectivity index (χ0v) is 10.8. The number of hydrogen-bond acceptors (Lipinski definition) is 1. The van der Waals surface area contributed by atoms with E-state index in [1.165, 1.54) is 16.7 Å². The molecule has 92 valence electrons. The third-order valence-electron chi connectivity index (χ3n) is 2.87. The van der Waals surface area contributed by atoms with Gasteiger partial charge in [0.05, 0.1) is 0 Å². The first-order chi connectivity index (χ1) is 8.92. The fourth-order valence-electron chi connectivity index (χ4n) is 1.96. The third-order valence-corrected chi connectivity index (χ3v) is 2.87. The second kappa shape index (κ2) is 6.77. The summed E-state index contributed by atoms with van der Waals surface area (Å²) in [5.41, 5.74) is 3.82. The van der Waals surface area contributed by atoms with Gasteiger partial charge < -0.3 is 5.32 Å². The molecule has 0 aliphatic rings. The van der Waals surface area contributed by atoms with Gasteiger partial charge in [-0.05, 0) is 23.2 Å². The maximum atomic E-state index is 3.34. The first kappa shape index (κ1) is 12.6. The van der Waals surface area contributed by atoms with Crippen molar-refractivity contribution in [2.75, 3.05) is 13.1 Å². The van der Waals surface area contributed by atoms with Crippen molar-refractivity contribution in [1.29, 1.82) is 0 Å². The Labute approximate surface area is 109 Å². The fourth-order valence-corrected chi connectivity index (χ4v) is 1.96. The Morgan fingerprint density at radius 1 is 0.889 bits per heavy atom. The van der Waals surface area contributed by atoms with Crippen molar-refractivity contribution < 1.29 is 0 Å². The lowest BCUT2D eigenvalue weighted by Crippen LogP contribution is -2.12. The number of nitrogens with one attached hydrogen (secondary N) is 1. The summed E-state index contributed by atoms with van der Waals surface area (Å²) in [6, 6.07) is 21.1. The van der Waals surface area contributed by atoms with Crippen molar-refractivity contribution in [2.45, 2.75) is 6.92 Å². The highest BCUT2D eigenvalue weighted by Gasteiger charge is 2.02. The van der Waals surface area contributed by atoms with Crippen LogP contribution in [0.5, 0.6) is 0 Å². The van der Waals surface area contributed by atoms with Crippen LogP contribution in [-0.4, -0.2) is 13.1 Å². The van der Waals surface area contributed by atoms with Gasteiger partial charge in [0.25, 0.3) is 0 Å². The fraction of sp³-hybridized carbons (Fsp3) is 0.176. The van der Waals surface area contributed by atoms with E-state index in [0.717, 1.165) is 13.1 Å². The predicted octanol–water partition coefficient (Wildman–Crippen LogP) is 3.73. The highest BCUT2D eigenvalue weighted by atomic mass is 14.8. The molecule has 2 rings (SSSR count). The van der Waals surface area contributed by atoms with Crippen LogP contribution in [0.3, 0.4) is 0 Å². The molecule has 0 saturated heterocycles. The lowest BCUT2D eigenvalue weighted by atomic mass is 9.98. The first-order valence-corrected chi connectivity index (χ1v) is 6.43. The second-order valence-corrected chi connectivity index (χ2v) is 4.16. The Bertz CT molecular complexity index is 444. The smallest absolute Gasteiger partial charge is 0.0144 e. The van der Waals surface area contributed by atoms with Crippen LogP contribution in [0.2, 0.25) is 0 Å². The Hall–Kier alpha value is -1.86. The van der Waals surface area contributed by atoms with Gasteiger partial charge in [0.2, 0.25) is 0 Å². The molecule has 0 fully saturated rings. The molecule has 0 unspecified atom stereocenters. The van der Waals surface area contributed by atoms with E-state index in [1.807, 2.05) is 0 Å². The van der Waals surface area contributed by atoms with Gasteiger partial charge in [-0.1, -0.05) is 73.7 Å². The summed E-state index contributed by atoms with van der Waals surface area (Å²) < 4.78 is 0. The molecule has 0 amide bonds. The van der Waals surface area contributed by atoms with Crippen LogP contribution >= 0.6 is 0 Å². The van der Waals surface area contributed by atoms with E-state index >= 15 is 0 Å². The molecule has 0 aliphatic heterocycles. The predicted molar refractivity (Wildman–Crippen MR) is 78.5 cm³/mol. The Kier molecular flexibility index (Phi) is 4.74. The van der Waals surface area contributed by atoms with Gasteiger partial charge in [-0.15, -0.1) is 0 Å². The van der Waals surface area contributed by atoms with Crippen LogP contribution in [0.15, 0.2) is 66.7 Å². The molecule has 1 nitrogen and oxygen atoms in total. The Balaban J connectivity index is 2.33. The van der Waals surface area contributed by atoms with Crippen molar-refractivity contribution in [3.8, 4) is 0 Å². The van der Waals surface area contributed by atoms with Crippen LogP contribution in [-0.2, 0) is 0 Å². The SMILES string of the molecule is CCNCC=C(c1ccccc1)c1ccccc1. The highest BCUT2D eigenvalue weighted by molar-refractivity contribution is 5.79. The third kappa shape index (κ3) is 3.31. The number of rotatable bonds is 5. The molecular weight excluding hydrogens is 218 g/mol. The molecule has 1 heteroatoms. The highest BCUT2D eigenvalue weighted by Crippen LogP contribution is 2.22. The number of benzene rings is 2.